The number of benzene rings is 2. The lowest BCUT2D eigenvalue weighted by Gasteiger charge is -2.12. The predicted molar refractivity (Wildman–Crippen MR) is 131 cm³/mol. The lowest BCUT2D eigenvalue weighted by molar-refractivity contribution is -0.123. The van der Waals surface area contributed by atoms with Crippen LogP contribution in [0.25, 0.3) is 11.8 Å². The van der Waals surface area contributed by atoms with E-state index in [1.54, 1.807) is 13.2 Å². The smallest absolute Gasteiger partial charge is 0.293 e. The highest BCUT2D eigenvalue weighted by molar-refractivity contribution is 8.18. The van der Waals surface area contributed by atoms with Crippen molar-refractivity contribution >= 4 is 29.0 Å². The molecule has 1 aromatic heterocycles. The molecule has 1 aliphatic rings. The summed E-state index contributed by atoms with van der Waals surface area (Å²) < 4.78 is 13.0. The van der Waals surface area contributed by atoms with E-state index in [0.717, 1.165) is 45.7 Å². The molecule has 33 heavy (non-hydrogen) atoms. The van der Waals surface area contributed by atoms with Gasteiger partial charge in [0, 0.05) is 24.2 Å². The molecule has 4 rings (SSSR count). The summed E-state index contributed by atoms with van der Waals surface area (Å²) in [4.78, 5) is 26.5. The normalized spacial score (nSPS) is 15.0. The summed E-state index contributed by atoms with van der Waals surface area (Å²) in [6.07, 6.45) is 1.80. The van der Waals surface area contributed by atoms with Crippen molar-refractivity contribution in [1.29, 1.82) is 0 Å². The van der Waals surface area contributed by atoms with E-state index in [1.165, 1.54) is 4.90 Å². The summed E-state index contributed by atoms with van der Waals surface area (Å²) in [7, 11) is 1.55. The lowest BCUT2D eigenvalue weighted by atomic mass is 10.2. The zero-order valence-corrected chi connectivity index (χ0v) is 19.7. The van der Waals surface area contributed by atoms with Crippen LogP contribution in [0.5, 0.6) is 5.75 Å². The van der Waals surface area contributed by atoms with Crippen molar-refractivity contribution in [2.45, 2.75) is 20.5 Å². The van der Waals surface area contributed by atoms with E-state index in [2.05, 4.69) is 4.57 Å². The van der Waals surface area contributed by atoms with Gasteiger partial charge in [0.2, 0.25) is 0 Å². The molecule has 0 radical (unpaired) electrons. The Morgan fingerprint density at radius 1 is 1.00 bits per heavy atom. The van der Waals surface area contributed by atoms with Crippen LogP contribution in [0.2, 0.25) is 0 Å². The summed E-state index contributed by atoms with van der Waals surface area (Å²) in [5, 5.41) is -0.261. The number of thioether (sulfide) groups is 1. The van der Waals surface area contributed by atoms with E-state index >= 15 is 0 Å². The molecule has 6 nitrogen and oxygen atoms in total. The molecule has 0 N–H and O–H groups in total. The summed E-state index contributed by atoms with van der Waals surface area (Å²) >= 11 is 0.969. The topological polar surface area (TPSA) is 60.8 Å². The van der Waals surface area contributed by atoms with E-state index in [9.17, 15) is 9.59 Å². The fourth-order valence-electron chi connectivity index (χ4n) is 3.78. The monoisotopic (exact) mass is 462 g/mol. The van der Waals surface area contributed by atoms with E-state index < -0.39 is 0 Å². The van der Waals surface area contributed by atoms with Gasteiger partial charge in [-0.2, -0.15) is 0 Å². The minimum absolute atomic E-state index is 0.260. The largest absolute Gasteiger partial charge is 0.489 e. The van der Waals surface area contributed by atoms with Crippen molar-refractivity contribution < 1.29 is 19.1 Å². The number of carbonyl (C=O) groups is 2. The first kappa shape index (κ1) is 22.9. The average Bonchev–Trinajstić information content (AvgIpc) is 3.25. The molecular formula is C26H26N2O4S. The molecule has 2 aromatic carbocycles. The Kier molecular flexibility index (Phi) is 7.01. The van der Waals surface area contributed by atoms with Gasteiger partial charge >= 0.3 is 0 Å². The molecule has 170 valence electrons. The number of methoxy groups -OCH3 is 1. The third kappa shape index (κ3) is 5.05. The molecule has 0 atom stereocenters. The van der Waals surface area contributed by atoms with Gasteiger partial charge in [0.1, 0.15) is 12.4 Å². The van der Waals surface area contributed by atoms with Gasteiger partial charge in [0.15, 0.2) is 0 Å². The Morgan fingerprint density at radius 3 is 2.42 bits per heavy atom. The Hall–Kier alpha value is -3.29. The maximum absolute atomic E-state index is 12.6. The van der Waals surface area contributed by atoms with E-state index in [0.29, 0.717) is 18.1 Å². The molecule has 0 unspecified atom stereocenters. The van der Waals surface area contributed by atoms with Gasteiger partial charge in [0.05, 0.1) is 18.1 Å². The number of ether oxygens (including phenoxy) is 2. The summed E-state index contributed by atoms with van der Waals surface area (Å²) in [5.74, 6) is 0.529. The number of amides is 2. The highest BCUT2D eigenvalue weighted by atomic mass is 32.2. The second-order valence-corrected chi connectivity index (χ2v) is 8.75. The summed E-state index contributed by atoms with van der Waals surface area (Å²) in [6, 6.07) is 20.0. The minimum Gasteiger partial charge on any atom is -0.489 e. The second kappa shape index (κ2) is 10.1. The molecule has 0 spiro atoms. The molecule has 1 aliphatic heterocycles. The molecule has 1 fully saturated rings. The number of aromatic nitrogens is 1. The van der Waals surface area contributed by atoms with E-state index in [4.69, 9.17) is 9.47 Å². The Balaban J connectivity index is 1.51. The van der Waals surface area contributed by atoms with Crippen molar-refractivity contribution in [3.8, 4) is 11.4 Å². The van der Waals surface area contributed by atoms with Crippen LogP contribution in [0.1, 0.15) is 22.5 Å². The van der Waals surface area contributed by atoms with Gasteiger partial charge in [-0.05, 0) is 73.1 Å². The number of carbonyl (C=O) groups excluding carboxylic acids is 2. The Bertz CT molecular complexity index is 1180. The third-order valence-electron chi connectivity index (χ3n) is 5.49. The number of rotatable bonds is 8. The Morgan fingerprint density at radius 2 is 1.73 bits per heavy atom. The zero-order valence-electron chi connectivity index (χ0n) is 18.9. The van der Waals surface area contributed by atoms with Crippen LogP contribution in [0.15, 0.2) is 65.6 Å². The SMILES string of the molecule is COCCN1C(=O)S/C(=C/c2cc(C)n(-c3ccc(OCc4ccccc4)cc3)c2C)C1=O. The lowest BCUT2D eigenvalue weighted by Crippen LogP contribution is -2.31. The van der Waals surface area contributed by atoms with Gasteiger partial charge in [0.25, 0.3) is 11.1 Å². The summed E-state index contributed by atoms with van der Waals surface area (Å²) in [6.45, 7) is 5.13. The molecule has 0 aliphatic carbocycles. The first-order valence-corrected chi connectivity index (χ1v) is 11.5. The zero-order chi connectivity index (χ0) is 23.4. The van der Waals surface area contributed by atoms with Crippen LogP contribution in [0, 0.1) is 13.8 Å². The van der Waals surface area contributed by atoms with Crippen molar-refractivity contribution in [1.82, 2.24) is 9.47 Å². The van der Waals surface area contributed by atoms with Crippen molar-refractivity contribution in [2.24, 2.45) is 0 Å². The highest BCUT2D eigenvalue weighted by Crippen LogP contribution is 2.33. The number of nitrogens with zero attached hydrogens (tertiary/aromatic N) is 2. The molecule has 3 aromatic rings. The molecule has 0 bridgehead atoms. The van der Waals surface area contributed by atoms with Gasteiger partial charge in [-0.1, -0.05) is 30.3 Å². The number of imide groups is 1. The fourth-order valence-corrected chi connectivity index (χ4v) is 4.64. The van der Waals surface area contributed by atoms with Crippen LogP contribution in [-0.2, 0) is 16.1 Å². The molecular weight excluding hydrogens is 436 g/mol. The molecule has 1 saturated heterocycles. The predicted octanol–water partition coefficient (Wildman–Crippen LogP) is 5.36. The quantitative estimate of drug-likeness (QED) is 0.422. The van der Waals surface area contributed by atoms with Crippen molar-refractivity contribution in [3.05, 3.63) is 88.1 Å². The first-order chi connectivity index (χ1) is 16.0. The maximum Gasteiger partial charge on any atom is 0.293 e. The van der Waals surface area contributed by atoms with Gasteiger partial charge in [-0.15, -0.1) is 0 Å². The van der Waals surface area contributed by atoms with Crippen molar-refractivity contribution in [2.75, 3.05) is 20.3 Å². The molecule has 0 saturated carbocycles. The maximum atomic E-state index is 12.6. The van der Waals surface area contributed by atoms with E-state index in [-0.39, 0.29) is 17.7 Å². The standard InChI is InChI=1S/C26H26N2O4S/c1-18-15-21(16-24-25(29)27(13-14-31-3)26(30)33-24)19(2)28(18)22-9-11-23(12-10-22)32-17-20-7-5-4-6-8-20/h4-12,15-16H,13-14,17H2,1-3H3/b24-16+. The van der Waals surface area contributed by atoms with Gasteiger partial charge in [-0.25, -0.2) is 0 Å². The summed E-state index contributed by atoms with van der Waals surface area (Å²) in [5.41, 5.74) is 5.07. The van der Waals surface area contributed by atoms with Gasteiger partial charge < -0.3 is 14.0 Å². The third-order valence-corrected chi connectivity index (χ3v) is 6.40. The number of hydrogen-bond donors (Lipinski definition) is 0. The van der Waals surface area contributed by atoms with Gasteiger partial charge in [-0.3, -0.25) is 14.5 Å². The molecule has 2 heterocycles. The van der Waals surface area contributed by atoms with Crippen LogP contribution in [0.3, 0.4) is 0 Å². The second-order valence-electron chi connectivity index (χ2n) is 7.76. The molecule has 7 heteroatoms. The van der Waals surface area contributed by atoms with Crippen LogP contribution in [-0.4, -0.2) is 40.9 Å². The highest BCUT2D eigenvalue weighted by Gasteiger charge is 2.34. The average molecular weight is 463 g/mol. The minimum atomic E-state index is -0.272. The Labute approximate surface area is 197 Å². The van der Waals surface area contributed by atoms with Crippen LogP contribution in [0.4, 0.5) is 4.79 Å². The molecule has 2 amide bonds. The number of aryl methyl sites for hydroxylation is 1. The fraction of sp³-hybridized carbons (Fsp3) is 0.231. The van der Waals surface area contributed by atoms with E-state index in [1.807, 2.05) is 74.5 Å². The van der Waals surface area contributed by atoms with Crippen LogP contribution >= 0.6 is 11.8 Å². The first-order valence-electron chi connectivity index (χ1n) is 10.7. The van der Waals surface area contributed by atoms with Crippen molar-refractivity contribution in [3.63, 3.8) is 0 Å². The number of hydrogen-bond acceptors (Lipinski definition) is 5. The van der Waals surface area contributed by atoms with Crippen LogP contribution < -0.4 is 4.74 Å².